The molecule has 1 aromatic carbocycles. The predicted octanol–water partition coefficient (Wildman–Crippen LogP) is 2.86. The summed E-state index contributed by atoms with van der Waals surface area (Å²) in [4.78, 5) is 43.8. The Morgan fingerprint density at radius 2 is 1.65 bits per heavy atom. The number of benzene rings is 1. The van der Waals surface area contributed by atoms with Gasteiger partial charge in [-0.2, -0.15) is 0 Å². The molecule has 1 aliphatic carbocycles. The zero-order valence-electron chi connectivity index (χ0n) is 18.9. The monoisotopic (exact) mass is 426 g/mol. The maximum Gasteiger partial charge on any atom is 0.325 e. The fraction of sp³-hybridized carbons (Fsp3) is 0.625. The van der Waals surface area contributed by atoms with E-state index in [0.29, 0.717) is 31.8 Å². The Labute approximate surface area is 184 Å². The van der Waals surface area contributed by atoms with E-state index in [0.717, 1.165) is 36.5 Å². The summed E-state index contributed by atoms with van der Waals surface area (Å²) >= 11 is 0. The molecule has 3 aliphatic rings. The standard InChI is InChI=1S/C24H34N4O3/c1-23(2,3)18-9-11-24(12-10-18)21(30)28(22(31)25-24)17-20(29)27-15-13-26(14-16-27)19-7-5-4-6-8-19/h4-8,18H,9-17H2,1-3H3,(H,25,31). The second kappa shape index (κ2) is 8.17. The lowest BCUT2D eigenvalue weighted by Gasteiger charge is -2.40. The molecule has 0 aromatic heterocycles. The Kier molecular flexibility index (Phi) is 5.71. The van der Waals surface area contributed by atoms with Crippen LogP contribution in [0.3, 0.4) is 0 Å². The molecule has 1 spiro atoms. The van der Waals surface area contributed by atoms with Gasteiger partial charge >= 0.3 is 6.03 Å². The molecule has 4 amide bonds. The number of carbonyl (C=O) groups is 3. The average Bonchev–Trinajstić information content (AvgIpc) is 2.98. The van der Waals surface area contributed by atoms with Gasteiger partial charge in [0.1, 0.15) is 12.1 Å². The first-order valence-electron chi connectivity index (χ1n) is 11.4. The maximum atomic E-state index is 13.2. The largest absolute Gasteiger partial charge is 0.368 e. The third kappa shape index (κ3) is 4.27. The average molecular weight is 427 g/mol. The predicted molar refractivity (Wildman–Crippen MR) is 120 cm³/mol. The summed E-state index contributed by atoms with van der Waals surface area (Å²) in [5.74, 6) is 0.164. The number of anilines is 1. The molecule has 0 radical (unpaired) electrons. The first-order valence-corrected chi connectivity index (χ1v) is 11.4. The van der Waals surface area contributed by atoms with Gasteiger partial charge in [-0.1, -0.05) is 39.0 Å². The number of piperazine rings is 1. The molecule has 2 heterocycles. The summed E-state index contributed by atoms with van der Waals surface area (Å²) < 4.78 is 0. The van der Waals surface area contributed by atoms with Crippen LogP contribution in [-0.2, 0) is 9.59 Å². The summed E-state index contributed by atoms with van der Waals surface area (Å²) in [6.07, 6.45) is 3.14. The van der Waals surface area contributed by atoms with E-state index in [-0.39, 0.29) is 23.8 Å². The van der Waals surface area contributed by atoms with Crippen molar-refractivity contribution in [3.05, 3.63) is 30.3 Å². The van der Waals surface area contributed by atoms with Crippen LogP contribution in [0, 0.1) is 11.3 Å². The minimum atomic E-state index is -0.814. The van der Waals surface area contributed by atoms with E-state index in [2.05, 4.69) is 43.1 Å². The second-order valence-electron chi connectivity index (χ2n) is 10.2. The Morgan fingerprint density at radius 3 is 2.23 bits per heavy atom. The quantitative estimate of drug-likeness (QED) is 0.755. The highest BCUT2D eigenvalue weighted by Gasteiger charge is 2.53. The van der Waals surface area contributed by atoms with Crippen molar-refractivity contribution in [2.75, 3.05) is 37.6 Å². The summed E-state index contributed by atoms with van der Waals surface area (Å²) in [6, 6.07) is 9.72. The number of nitrogens with zero attached hydrogens (tertiary/aromatic N) is 3. The van der Waals surface area contributed by atoms with Gasteiger partial charge in [-0.15, -0.1) is 0 Å². The number of hydrogen-bond donors (Lipinski definition) is 1. The summed E-state index contributed by atoms with van der Waals surface area (Å²) in [6.45, 7) is 9.20. The van der Waals surface area contributed by atoms with E-state index in [1.807, 2.05) is 18.2 Å². The van der Waals surface area contributed by atoms with Crippen molar-refractivity contribution in [2.45, 2.75) is 52.0 Å². The number of amides is 4. The maximum absolute atomic E-state index is 13.2. The van der Waals surface area contributed by atoms with E-state index in [9.17, 15) is 14.4 Å². The second-order valence-corrected chi connectivity index (χ2v) is 10.2. The third-order valence-electron chi connectivity index (χ3n) is 7.36. The fourth-order valence-corrected chi connectivity index (χ4v) is 5.22. The van der Waals surface area contributed by atoms with Gasteiger partial charge in [-0.25, -0.2) is 4.79 Å². The summed E-state index contributed by atoms with van der Waals surface area (Å²) in [5.41, 5.74) is 0.534. The first kappa shape index (κ1) is 21.7. The highest BCUT2D eigenvalue weighted by molar-refractivity contribution is 6.09. The minimum Gasteiger partial charge on any atom is -0.368 e. The first-order chi connectivity index (χ1) is 14.7. The summed E-state index contributed by atoms with van der Waals surface area (Å²) in [7, 11) is 0. The third-order valence-corrected chi connectivity index (χ3v) is 7.36. The van der Waals surface area contributed by atoms with Gasteiger partial charge in [0.05, 0.1) is 0 Å². The van der Waals surface area contributed by atoms with Crippen molar-refractivity contribution < 1.29 is 14.4 Å². The Morgan fingerprint density at radius 1 is 1.03 bits per heavy atom. The normalized spacial score (nSPS) is 27.1. The van der Waals surface area contributed by atoms with Crippen molar-refractivity contribution in [1.82, 2.24) is 15.1 Å². The van der Waals surface area contributed by atoms with Crippen molar-refractivity contribution in [2.24, 2.45) is 11.3 Å². The van der Waals surface area contributed by atoms with Crippen LogP contribution in [0.5, 0.6) is 0 Å². The van der Waals surface area contributed by atoms with E-state index >= 15 is 0 Å². The molecule has 1 saturated carbocycles. The Balaban J connectivity index is 1.33. The molecule has 0 atom stereocenters. The van der Waals surface area contributed by atoms with Crippen LogP contribution in [0.25, 0.3) is 0 Å². The number of carbonyl (C=O) groups excluding carboxylic acids is 3. The fourth-order valence-electron chi connectivity index (χ4n) is 5.22. The van der Waals surface area contributed by atoms with Crippen LogP contribution < -0.4 is 10.2 Å². The van der Waals surface area contributed by atoms with Crippen molar-refractivity contribution in [3.63, 3.8) is 0 Å². The molecular weight excluding hydrogens is 392 g/mol. The molecular formula is C24H34N4O3. The lowest BCUT2D eigenvalue weighted by Crippen LogP contribution is -2.53. The van der Waals surface area contributed by atoms with Gasteiger partial charge in [-0.05, 0) is 49.1 Å². The van der Waals surface area contributed by atoms with Crippen LogP contribution in [0.1, 0.15) is 46.5 Å². The molecule has 2 saturated heterocycles. The minimum absolute atomic E-state index is 0.156. The number of hydrogen-bond acceptors (Lipinski definition) is 4. The highest BCUT2D eigenvalue weighted by atomic mass is 16.2. The van der Waals surface area contributed by atoms with Crippen molar-refractivity contribution >= 4 is 23.5 Å². The molecule has 1 N–H and O–H groups in total. The molecule has 3 fully saturated rings. The van der Waals surface area contributed by atoms with Gasteiger partial charge in [-0.3, -0.25) is 14.5 Å². The topological polar surface area (TPSA) is 73.0 Å². The Hall–Kier alpha value is -2.57. The molecule has 2 aliphatic heterocycles. The van der Waals surface area contributed by atoms with E-state index in [4.69, 9.17) is 0 Å². The lowest BCUT2D eigenvalue weighted by molar-refractivity contribution is -0.140. The number of para-hydroxylation sites is 1. The van der Waals surface area contributed by atoms with Gasteiger partial charge in [0.15, 0.2) is 0 Å². The van der Waals surface area contributed by atoms with Gasteiger partial charge in [0.2, 0.25) is 5.91 Å². The van der Waals surface area contributed by atoms with Crippen LogP contribution in [-0.4, -0.2) is 65.9 Å². The van der Waals surface area contributed by atoms with Crippen LogP contribution in [0.4, 0.5) is 10.5 Å². The SMILES string of the molecule is CC(C)(C)C1CCC2(CC1)NC(=O)N(CC(=O)N1CCN(c3ccccc3)CC1)C2=O. The van der Waals surface area contributed by atoms with Crippen LogP contribution >= 0.6 is 0 Å². The van der Waals surface area contributed by atoms with Crippen LogP contribution in [0.15, 0.2) is 30.3 Å². The van der Waals surface area contributed by atoms with Gasteiger partial charge < -0.3 is 15.1 Å². The molecule has 0 bridgehead atoms. The number of rotatable bonds is 3. The molecule has 1 aromatic rings. The molecule has 7 heteroatoms. The zero-order valence-corrected chi connectivity index (χ0v) is 18.9. The zero-order chi connectivity index (χ0) is 22.2. The molecule has 31 heavy (non-hydrogen) atoms. The highest BCUT2D eigenvalue weighted by Crippen LogP contribution is 2.43. The Bertz CT molecular complexity index is 832. The van der Waals surface area contributed by atoms with Crippen molar-refractivity contribution in [3.8, 4) is 0 Å². The summed E-state index contributed by atoms with van der Waals surface area (Å²) in [5, 5.41) is 2.94. The molecule has 168 valence electrons. The molecule has 0 unspecified atom stereocenters. The lowest BCUT2D eigenvalue weighted by atomic mass is 9.67. The van der Waals surface area contributed by atoms with Crippen molar-refractivity contribution in [1.29, 1.82) is 0 Å². The van der Waals surface area contributed by atoms with Gasteiger partial charge in [0, 0.05) is 31.9 Å². The number of imide groups is 1. The van der Waals surface area contributed by atoms with Gasteiger partial charge in [0.25, 0.3) is 5.91 Å². The number of urea groups is 1. The van der Waals surface area contributed by atoms with E-state index in [1.165, 1.54) is 0 Å². The molecule has 7 nitrogen and oxygen atoms in total. The number of nitrogens with one attached hydrogen (secondary N) is 1. The smallest absolute Gasteiger partial charge is 0.325 e. The van der Waals surface area contributed by atoms with E-state index in [1.54, 1.807) is 4.90 Å². The molecule has 4 rings (SSSR count). The van der Waals surface area contributed by atoms with Crippen LogP contribution in [0.2, 0.25) is 0 Å². The van der Waals surface area contributed by atoms with E-state index < -0.39 is 11.6 Å².